The summed E-state index contributed by atoms with van der Waals surface area (Å²) in [7, 11) is 0. The molecular formula is C25H23FN4O6. The molecule has 11 heteroatoms. The Morgan fingerprint density at radius 1 is 0.917 bits per heavy atom. The molecule has 1 aromatic heterocycles. The van der Waals surface area contributed by atoms with Crippen molar-refractivity contribution < 1.29 is 32.7 Å². The summed E-state index contributed by atoms with van der Waals surface area (Å²) in [6.45, 7) is 1.61. The smallest absolute Gasteiger partial charge is 0.328 e. The Balaban J connectivity index is 1.34. The Morgan fingerprint density at radius 3 is 2.17 bits per heavy atom. The topological polar surface area (TPSA) is 133 Å². The van der Waals surface area contributed by atoms with Gasteiger partial charge in [-0.15, -0.1) is 10.2 Å². The maximum absolute atomic E-state index is 14.6. The fourth-order valence-electron chi connectivity index (χ4n) is 4.62. The summed E-state index contributed by atoms with van der Waals surface area (Å²) in [4.78, 5) is 37.5. The molecule has 1 aliphatic carbocycles. The van der Waals surface area contributed by atoms with Gasteiger partial charge in [-0.25, -0.2) is 9.18 Å². The average Bonchev–Trinajstić information content (AvgIpc) is 3.29. The van der Waals surface area contributed by atoms with Gasteiger partial charge in [-0.3, -0.25) is 20.2 Å². The number of hydrogen-bond acceptors (Lipinski definition) is 8. The number of carbonyl (C=O) groups excluding carboxylic acids is 3. The molecule has 0 spiro atoms. The summed E-state index contributed by atoms with van der Waals surface area (Å²) in [6.07, 6.45) is 3.98. The number of carbonyl (C=O) groups is 3. The highest BCUT2D eigenvalue weighted by molar-refractivity contribution is 6.22. The van der Waals surface area contributed by atoms with Crippen molar-refractivity contribution in [3.8, 4) is 28.7 Å². The predicted octanol–water partition coefficient (Wildman–Crippen LogP) is 4.04. The number of nitrogens with zero attached hydrogens (tertiary/aromatic N) is 2. The van der Waals surface area contributed by atoms with E-state index in [1.165, 1.54) is 12.1 Å². The molecule has 5 rings (SSSR count). The van der Waals surface area contributed by atoms with E-state index in [9.17, 15) is 18.8 Å². The molecule has 4 amide bonds. The van der Waals surface area contributed by atoms with Crippen molar-refractivity contribution in [2.45, 2.75) is 44.6 Å². The minimum absolute atomic E-state index is 0.0717. The van der Waals surface area contributed by atoms with Crippen LogP contribution in [0.5, 0.6) is 17.2 Å². The van der Waals surface area contributed by atoms with Gasteiger partial charge in [0.25, 0.3) is 23.3 Å². The first kappa shape index (κ1) is 23.5. The third-order valence-electron chi connectivity index (χ3n) is 6.34. The van der Waals surface area contributed by atoms with Crippen LogP contribution in [0.15, 0.2) is 46.9 Å². The Hall–Kier alpha value is -4.28. The van der Waals surface area contributed by atoms with Crippen LogP contribution in [0.2, 0.25) is 0 Å². The van der Waals surface area contributed by atoms with Crippen LogP contribution in [0, 0.1) is 18.7 Å². The summed E-state index contributed by atoms with van der Waals surface area (Å²) < 4.78 is 31.6. The van der Waals surface area contributed by atoms with Gasteiger partial charge in [-0.05, 0) is 49.2 Å². The zero-order valence-electron chi connectivity index (χ0n) is 19.4. The number of benzene rings is 2. The molecule has 10 nitrogen and oxygen atoms in total. The highest BCUT2D eigenvalue weighted by Crippen LogP contribution is 2.38. The van der Waals surface area contributed by atoms with Gasteiger partial charge in [0, 0.05) is 18.9 Å². The van der Waals surface area contributed by atoms with Gasteiger partial charge in [0.15, 0.2) is 0 Å². The molecule has 1 saturated heterocycles. The first-order chi connectivity index (χ1) is 17.3. The monoisotopic (exact) mass is 494 g/mol. The zero-order chi connectivity index (χ0) is 25.3. The number of barbiturate groups is 1. The van der Waals surface area contributed by atoms with Gasteiger partial charge in [-0.2, -0.15) is 0 Å². The van der Waals surface area contributed by atoms with Crippen LogP contribution in [-0.4, -0.2) is 33.6 Å². The number of hydrogen-bond donors (Lipinski definition) is 2. The standard InChI is InChI=1S/C25H23FN4O6/c1-14-29-30-21(34-14)19-12-11-18(13-20(19)26)35-16-7-9-17(10-8-16)36-25(15-5-3-2-4-6-15)22(31)27-24(33)28-23(25)32/h7-13,15H,2-6H2,1H3,(H2,27,28,31,32,33). The minimum Gasteiger partial charge on any atom is -0.467 e. The van der Waals surface area contributed by atoms with E-state index >= 15 is 0 Å². The molecule has 2 aromatic carbocycles. The highest BCUT2D eigenvalue weighted by atomic mass is 19.1. The molecule has 1 aliphatic heterocycles. The molecule has 2 N–H and O–H groups in total. The largest absolute Gasteiger partial charge is 0.467 e. The number of urea groups is 1. The van der Waals surface area contributed by atoms with Crippen LogP contribution in [0.1, 0.15) is 38.0 Å². The number of amides is 4. The molecule has 186 valence electrons. The second kappa shape index (κ2) is 9.40. The third-order valence-corrected chi connectivity index (χ3v) is 6.34. The van der Waals surface area contributed by atoms with Crippen LogP contribution in [0.25, 0.3) is 11.5 Å². The summed E-state index contributed by atoms with van der Waals surface area (Å²) in [5, 5.41) is 11.9. The molecule has 2 fully saturated rings. The lowest BCUT2D eigenvalue weighted by atomic mass is 9.75. The van der Waals surface area contributed by atoms with Crippen molar-refractivity contribution >= 4 is 17.8 Å². The van der Waals surface area contributed by atoms with Crippen molar-refractivity contribution in [2.24, 2.45) is 5.92 Å². The Kier molecular flexibility index (Phi) is 6.13. The normalized spacial score (nSPS) is 17.9. The van der Waals surface area contributed by atoms with Crippen molar-refractivity contribution in [3.05, 3.63) is 54.2 Å². The summed E-state index contributed by atoms with van der Waals surface area (Å²) in [5.41, 5.74) is -1.69. The van der Waals surface area contributed by atoms with Crippen LogP contribution in [0.3, 0.4) is 0 Å². The average molecular weight is 494 g/mol. The second-order valence-corrected chi connectivity index (χ2v) is 8.75. The van der Waals surface area contributed by atoms with Crippen LogP contribution in [-0.2, 0) is 9.59 Å². The molecule has 3 aromatic rings. The van der Waals surface area contributed by atoms with E-state index in [1.807, 2.05) is 0 Å². The lowest BCUT2D eigenvalue weighted by molar-refractivity contribution is -0.158. The van der Waals surface area contributed by atoms with Crippen LogP contribution in [0.4, 0.5) is 9.18 Å². The number of nitrogens with one attached hydrogen (secondary N) is 2. The number of aryl methyl sites for hydroxylation is 1. The van der Waals surface area contributed by atoms with E-state index in [4.69, 9.17) is 13.9 Å². The van der Waals surface area contributed by atoms with E-state index in [1.54, 1.807) is 37.3 Å². The van der Waals surface area contributed by atoms with E-state index < -0.39 is 29.3 Å². The summed E-state index contributed by atoms with van der Waals surface area (Å²) in [6, 6.07) is 9.60. The second-order valence-electron chi connectivity index (χ2n) is 8.75. The number of halogens is 1. The van der Waals surface area contributed by atoms with Gasteiger partial charge in [0.2, 0.25) is 5.89 Å². The first-order valence-corrected chi connectivity index (χ1v) is 11.6. The summed E-state index contributed by atoms with van der Waals surface area (Å²) in [5.74, 6) is -1.23. The SMILES string of the molecule is Cc1nnc(-c2ccc(Oc3ccc(OC4(C5CCCCC5)C(=O)NC(=O)NC4=O)cc3)cc2F)o1. The van der Waals surface area contributed by atoms with E-state index in [-0.39, 0.29) is 28.9 Å². The Morgan fingerprint density at radius 2 is 1.56 bits per heavy atom. The van der Waals surface area contributed by atoms with Gasteiger partial charge in [0.05, 0.1) is 5.56 Å². The molecule has 36 heavy (non-hydrogen) atoms. The van der Waals surface area contributed by atoms with E-state index in [2.05, 4.69) is 20.8 Å². The zero-order valence-corrected chi connectivity index (χ0v) is 19.4. The van der Waals surface area contributed by atoms with Crippen LogP contribution < -0.4 is 20.1 Å². The molecule has 0 atom stereocenters. The van der Waals surface area contributed by atoms with Gasteiger partial charge in [0.1, 0.15) is 23.1 Å². The van der Waals surface area contributed by atoms with Crippen molar-refractivity contribution in [2.75, 3.05) is 0 Å². The van der Waals surface area contributed by atoms with Crippen molar-refractivity contribution in [1.29, 1.82) is 0 Å². The molecule has 2 heterocycles. The highest BCUT2D eigenvalue weighted by Gasteiger charge is 2.58. The Bertz CT molecular complexity index is 1300. The Labute approximate surface area is 205 Å². The van der Waals surface area contributed by atoms with Gasteiger partial charge >= 0.3 is 6.03 Å². The number of imide groups is 2. The fraction of sp³-hybridized carbons (Fsp3) is 0.320. The predicted molar refractivity (Wildman–Crippen MR) is 123 cm³/mol. The van der Waals surface area contributed by atoms with Crippen molar-refractivity contribution in [1.82, 2.24) is 20.8 Å². The molecule has 1 saturated carbocycles. The van der Waals surface area contributed by atoms with E-state index in [0.29, 0.717) is 24.5 Å². The molecule has 0 bridgehead atoms. The number of rotatable bonds is 6. The molecule has 2 aliphatic rings. The minimum atomic E-state index is -1.84. The first-order valence-electron chi connectivity index (χ1n) is 11.6. The van der Waals surface area contributed by atoms with Gasteiger partial charge < -0.3 is 13.9 Å². The maximum Gasteiger partial charge on any atom is 0.328 e. The lowest BCUT2D eigenvalue weighted by Crippen LogP contribution is -2.72. The lowest BCUT2D eigenvalue weighted by Gasteiger charge is -2.41. The molecular weight excluding hydrogens is 471 g/mol. The molecule has 0 radical (unpaired) electrons. The third kappa shape index (κ3) is 4.39. The number of aromatic nitrogens is 2. The quantitative estimate of drug-likeness (QED) is 0.491. The fourth-order valence-corrected chi connectivity index (χ4v) is 4.62. The van der Waals surface area contributed by atoms with E-state index in [0.717, 1.165) is 19.3 Å². The number of ether oxygens (including phenoxy) is 2. The van der Waals surface area contributed by atoms with Crippen LogP contribution >= 0.6 is 0 Å². The molecule has 0 unspecified atom stereocenters. The maximum atomic E-state index is 14.6. The van der Waals surface area contributed by atoms with Gasteiger partial charge in [-0.1, -0.05) is 19.3 Å². The van der Waals surface area contributed by atoms with Crippen molar-refractivity contribution in [3.63, 3.8) is 0 Å². The summed E-state index contributed by atoms with van der Waals surface area (Å²) >= 11 is 0.